The maximum absolute atomic E-state index is 13.8. The van der Waals surface area contributed by atoms with Crippen LogP contribution < -0.4 is 10.4 Å². The topological polar surface area (TPSA) is 128 Å². The summed E-state index contributed by atoms with van der Waals surface area (Å²) in [5.41, 5.74) is 4.44. The van der Waals surface area contributed by atoms with Crippen molar-refractivity contribution in [1.82, 2.24) is 0 Å². The first-order valence-electron chi connectivity index (χ1n) is 13.6. The molecule has 1 aliphatic carbocycles. The Morgan fingerprint density at radius 2 is 1.95 bits per heavy atom. The Morgan fingerprint density at radius 1 is 1.18 bits per heavy atom. The number of hydrogen-bond donors (Lipinski definition) is 4. The SMILES string of the molecule is CC/C(=C\c1ccc(O)cc1Cl)CC[C@H]1OB(O)C[C@H]2C1=C(C)C[C@H]1C(=O)N(c3cccc(B(O)O)c3)C(=O)[C@H]12. The summed E-state index contributed by atoms with van der Waals surface area (Å²) in [5, 5.41) is 40.0. The molecular formula is C29H32B2ClNO7. The lowest BCUT2D eigenvalue weighted by molar-refractivity contribution is -0.122. The highest BCUT2D eigenvalue weighted by Gasteiger charge is 2.57. The molecular weight excluding hydrogens is 531 g/mol. The van der Waals surface area contributed by atoms with Crippen molar-refractivity contribution >= 4 is 54.9 Å². The number of rotatable bonds is 7. The normalized spacial score (nSPS) is 24.9. The molecule has 2 amide bonds. The molecule has 2 aromatic carbocycles. The predicted octanol–water partition coefficient (Wildman–Crippen LogP) is 3.32. The number of aromatic hydroxyl groups is 1. The van der Waals surface area contributed by atoms with Crippen LogP contribution in [-0.4, -0.2) is 52.3 Å². The monoisotopic (exact) mass is 563 g/mol. The lowest BCUT2D eigenvalue weighted by Gasteiger charge is -2.42. The summed E-state index contributed by atoms with van der Waals surface area (Å²) in [6.45, 7) is 4.03. The molecule has 40 heavy (non-hydrogen) atoms. The molecule has 0 unspecified atom stereocenters. The predicted molar refractivity (Wildman–Crippen MR) is 155 cm³/mol. The van der Waals surface area contributed by atoms with Gasteiger partial charge in [-0.15, -0.1) is 0 Å². The van der Waals surface area contributed by atoms with Gasteiger partial charge in [-0.25, -0.2) is 0 Å². The maximum Gasteiger partial charge on any atom is 0.488 e. The molecule has 4 N–H and O–H groups in total. The summed E-state index contributed by atoms with van der Waals surface area (Å²) in [5.74, 6) is -2.03. The minimum absolute atomic E-state index is 0.103. The molecule has 5 rings (SSSR count). The summed E-state index contributed by atoms with van der Waals surface area (Å²) in [4.78, 5) is 28.5. The van der Waals surface area contributed by atoms with Crippen LogP contribution in [0.25, 0.3) is 6.08 Å². The van der Waals surface area contributed by atoms with Gasteiger partial charge in [-0.3, -0.25) is 14.5 Å². The van der Waals surface area contributed by atoms with Crippen LogP contribution in [0, 0.1) is 17.8 Å². The van der Waals surface area contributed by atoms with Crippen LogP contribution in [-0.2, 0) is 14.2 Å². The first-order valence-corrected chi connectivity index (χ1v) is 14.0. The van der Waals surface area contributed by atoms with Crippen LogP contribution in [0.1, 0.15) is 45.1 Å². The quantitative estimate of drug-likeness (QED) is 0.231. The van der Waals surface area contributed by atoms with Gasteiger partial charge in [-0.05, 0) is 91.8 Å². The number of halogens is 1. The van der Waals surface area contributed by atoms with E-state index in [0.29, 0.717) is 30.0 Å². The van der Waals surface area contributed by atoms with Crippen molar-refractivity contribution in [3.05, 3.63) is 69.8 Å². The third kappa shape index (κ3) is 5.39. The first-order chi connectivity index (χ1) is 19.1. The van der Waals surface area contributed by atoms with E-state index in [1.807, 2.05) is 13.0 Å². The molecule has 0 radical (unpaired) electrons. The Bertz CT molecular complexity index is 1390. The largest absolute Gasteiger partial charge is 0.508 e. The molecule has 2 aromatic rings. The van der Waals surface area contributed by atoms with E-state index < -0.39 is 32.2 Å². The van der Waals surface area contributed by atoms with Crippen LogP contribution in [0.5, 0.6) is 5.75 Å². The van der Waals surface area contributed by atoms with Crippen LogP contribution in [0.4, 0.5) is 5.69 Å². The van der Waals surface area contributed by atoms with E-state index in [2.05, 4.69) is 6.92 Å². The zero-order valence-electron chi connectivity index (χ0n) is 22.5. The second-order valence-corrected chi connectivity index (χ2v) is 11.3. The van der Waals surface area contributed by atoms with Gasteiger partial charge in [-0.2, -0.15) is 0 Å². The summed E-state index contributed by atoms with van der Waals surface area (Å²) >= 11 is 6.31. The van der Waals surface area contributed by atoms with E-state index in [0.717, 1.165) is 33.6 Å². The molecule has 2 aliphatic heterocycles. The zero-order valence-corrected chi connectivity index (χ0v) is 23.2. The van der Waals surface area contributed by atoms with E-state index in [4.69, 9.17) is 16.3 Å². The minimum Gasteiger partial charge on any atom is -0.508 e. The number of phenols is 1. The Balaban J connectivity index is 1.39. The number of phenolic OH excluding ortho intramolecular Hbond substituents is 1. The Morgan fingerprint density at radius 3 is 2.65 bits per heavy atom. The fraction of sp³-hybridized carbons (Fsp3) is 0.379. The number of allylic oxidation sites excluding steroid dienone is 2. The van der Waals surface area contributed by atoms with Gasteiger partial charge in [0.05, 0.1) is 28.6 Å². The number of carbonyl (C=O) groups excluding carboxylic acids is 2. The number of anilines is 1. The van der Waals surface area contributed by atoms with E-state index in [1.54, 1.807) is 24.3 Å². The molecule has 4 atom stereocenters. The first kappa shape index (κ1) is 28.6. The molecule has 0 bridgehead atoms. The smallest absolute Gasteiger partial charge is 0.488 e. The average Bonchev–Trinajstić information content (AvgIpc) is 3.16. The van der Waals surface area contributed by atoms with Crippen LogP contribution >= 0.6 is 11.6 Å². The Hall–Kier alpha value is -2.88. The third-order valence-corrected chi connectivity index (χ3v) is 8.73. The Kier molecular flexibility index (Phi) is 8.27. The fourth-order valence-electron chi connectivity index (χ4n) is 6.52. The van der Waals surface area contributed by atoms with Gasteiger partial charge in [0.2, 0.25) is 11.8 Å². The summed E-state index contributed by atoms with van der Waals surface area (Å²) in [7, 11) is -2.78. The van der Waals surface area contributed by atoms with E-state index in [-0.39, 0.29) is 35.3 Å². The third-order valence-electron chi connectivity index (χ3n) is 8.40. The number of carbonyl (C=O) groups is 2. The van der Waals surface area contributed by atoms with Gasteiger partial charge in [0, 0.05) is 0 Å². The average molecular weight is 564 g/mol. The number of nitrogens with zero attached hydrogens (tertiary/aromatic N) is 1. The molecule has 2 saturated heterocycles. The highest BCUT2D eigenvalue weighted by molar-refractivity contribution is 6.58. The van der Waals surface area contributed by atoms with Crippen molar-refractivity contribution in [1.29, 1.82) is 0 Å². The maximum atomic E-state index is 13.8. The van der Waals surface area contributed by atoms with Gasteiger partial charge in [-0.1, -0.05) is 47.9 Å². The summed E-state index contributed by atoms with van der Waals surface area (Å²) < 4.78 is 6.02. The van der Waals surface area contributed by atoms with Crippen LogP contribution in [0.15, 0.2) is 59.2 Å². The van der Waals surface area contributed by atoms with E-state index >= 15 is 0 Å². The highest BCUT2D eigenvalue weighted by atomic mass is 35.5. The summed E-state index contributed by atoms with van der Waals surface area (Å²) in [6.07, 6.45) is 4.31. The van der Waals surface area contributed by atoms with Crippen molar-refractivity contribution in [2.45, 2.75) is 52.0 Å². The molecule has 3 aliphatic rings. The molecule has 2 heterocycles. The van der Waals surface area contributed by atoms with Gasteiger partial charge in [0.15, 0.2) is 0 Å². The number of amides is 2. The van der Waals surface area contributed by atoms with Crippen molar-refractivity contribution in [2.75, 3.05) is 4.90 Å². The Labute approximate surface area is 239 Å². The molecule has 0 aromatic heterocycles. The lowest BCUT2D eigenvalue weighted by atomic mass is 9.59. The number of imide groups is 1. The molecule has 208 valence electrons. The van der Waals surface area contributed by atoms with Crippen LogP contribution in [0.2, 0.25) is 11.3 Å². The van der Waals surface area contributed by atoms with Crippen molar-refractivity contribution < 1.29 is 34.4 Å². The fourth-order valence-corrected chi connectivity index (χ4v) is 6.75. The summed E-state index contributed by atoms with van der Waals surface area (Å²) in [6, 6.07) is 11.0. The van der Waals surface area contributed by atoms with Crippen LogP contribution in [0.3, 0.4) is 0 Å². The standard InChI is InChI=1S/C29H32B2ClNO7/c1-3-17(12-18-8-9-21(34)14-24(18)32)7-10-25-26-16(2)11-22-27(23(26)15-30(37)40-25)29(36)33(28(22)35)20-6-4-5-19(13-20)31(38)39/h4-6,8-9,12-14,22-23,25,27,34,37-39H,3,7,10-11,15H2,1-2H3/b17-12+/t22-,23+,25-,27-/m1/s1. The van der Waals surface area contributed by atoms with Crippen molar-refractivity contribution in [2.24, 2.45) is 17.8 Å². The van der Waals surface area contributed by atoms with Gasteiger partial charge < -0.3 is 24.8 Å². The number of hydrogen-bond acceptors (Lipinski definition) is 7. The number of fused-ring (bicyclic) bond motifs is 3. The molecule has 2 fully saturated rings. The van der Waals surface area contributed by atoms with Crippen molar-refractivity contribution in [3.8, 4) is 5.75 Å². The van der Waals surface area contributed by atoms with Gasteiger partial charge >= 0.3 is 14.2 Å². The van der Waals surface area contributed by atoms with E-state index in [1.165, 1.54) is 18.2 Å². The molecule has 8 nitrogen and oxygen atoms in total. The van der Waals surface area contributed by atoms with E-state index in [9.17, 15) is 29.8 Å². The van der Waals surface area contributed by atoms with Gasteiger partial charge in [0.25, 0.3) is 0 Å². The number of benzene rings is 2. The highest BCUT2D eigenvalue weighted by Crippen LogP contribution is 2.51. The van der Waals surface area contributed by atoms with Crippen molar-refractivity contribution in [3.63, 3.8) is 0 Å². The molecule has 0 spiro atoms. The zero-order chi connectivity index (χ0) is 28.7. The second-order valence-electron chi connectivity index (χ2n) is 10.9. The molecule has 11 heteroatoms. The minimum atomic E-state index is -1.72. The molecule has 0 saturated carbocycles. The lowest BCUT2D eigenvalue weighted by Crippen LogP contribution is -2.46. The van der Waals surface area contributed by atoms with Gasteiger partial charge in [0.1, 0.15) is 5.75 Å². The second kappa shape index (κ2) is 11.5.